The molecule has 0 bridgehead atoms. The molecular weight excluding hydrogens is 382 g/mol. The number of aromatic hydroxyl groups is 1. The van der Waals surface area contributed by atoms with Crippen LogP contribution in [0.5, 0.6) is 11.6 Å². The van der Waals surface area contributed by atoms with E-state index >= 15 is 0 Å². The highest BCUT2D eigenvalue weighted by Crippen LogP contribution is 2.27. The zero-order valence-corrected chi connectivity index (χ0v) is 15.9. The Balaban J connectivity index is 2.39. The van der Waals surface area contributed by atoms with Gasteiger partial charge < -0.3 is 14.6 Å². The lowest BCUT2D eigenvalue weighted by molar-refractivity contribution is -0.385. The maximum Gasteiger partial charge on any atom is 0.310 e. The third-order valence-corrected chi connectivity index (χ3v) is 4.23. The summed E-state index contributed by atoms with van der Waals surface area (Å²) >= 11 is 0. The van der Waals surface area contributed by atoms with Gasteiger partial charge in [-0.15, -0.1) is 0 Å². The van der Waals surface area contributed by atoms with Crippen molar-refractivity contribution in [3.05, 3.63) is 61.4 Å². The fourth-order valence-electron chi connectivity index (χ4n) is 2.80. The standard InChI is InChI=1S/C19H19N3O7/c1-12-13(10-20)18(24)21(8-5-9-28-2)19(25)17(12)15(23)11-29-16-7-4-3-6-14(16)22(26)27/h3-4,6-7,25H,5,8-9,11H2,1-2H3. The van der Waals surface area contributed by atoms with E-state index in [0.29, 0.717) is 13.0 Å². The number of rotatable bonds is 9. The number of nitro groups is 1. The van der Waals surface area contributed by atoms with Crippen molar-refractivity contribution >= 4 is 11.5 Å². The van der Waals surface area contributed by atoms with Crippen LogP contribution in [0, 0.1) is 28.4 Å². The normalized spacial score (nSPS) is 10.4. The van der Waals surface area contributed by atoms with Gasteiger partial charge in [0.2, 0.25) is 11.7 Å². The van der Waals surface area contributed by atoms with Crippen molar-refractivity contribution in [1.82, 2.24) is 4.57 Å². The number of hydrogen-bond donors (Lipinski definition) is 1. The average Bonchev–Trinajstić information content (AvgIpc) is 2.69. The Kier molecular flexibility index (Phi) is 7.05. The summed E-state index contributed by atoms with van der Waals surface area (Å²) in [7, 11) is 1.48. The first-order valence-corrected chi connectivity index (χ1v) is 8.58. The number of carbonyl (C=O) groups is 1. The zero-order valence-electron chi connectivity index (χ0n) is 15.9. The molecule has 1 N–H and O–H groups in total. The Bertz CT molecular complexity index is 1040. The number of ether oxygens (including phenoxy) is 2. The van der Waals surface area contributed by atoms with E-state index in [9.17, 15) is 30.1 Å². The summed E-state index contributed by atoms with van der Waals surface area (Å²) in [5, 5.41) is 30.9. The number of methoxy groups -OCH3 is 1. The average molecular weight is 401 g/mol. The van der Waals surface area contributed by atoms with Gasteiger partial charge in [-0.05, 0) is 25.0 Å². The molecule has 0 atom stereocenters. The molecule has 10 nitrogen and oxygen atoms in total. The minimum atomic E-state index is -0.727. The smallest absolute Gasteiger partial charge is 0.310 e. The summed E-state index contributed by atoms with van der Waals surface area (Å²) in [5.41, 5.74) is -1.51. The lowest BCUT2D eigenvalue weighted by atomic mass is 10.0. The first kappa shape index (κ1) is 21.6. The molecule has 0 saturated heterocycles. The highest BCUT2D eigenvalue weighted by molar-refractivity contribution is 6.01. The molecule has 29 heavy (non-hydrogen) atoms. The number of nitriles is 1. The van der Waals surface area contributed by atoms with E-state index in [2.05, 4.69) is 0 Å². The highest BCUT2D eigenvalue weighted by Gasteiger charge is 2.25. The van der Waals surface area contributed by atoms with Gasteiger partial charge in [0.1, 0.15) is 11.6 Å². The van der Waals surface area contributed by atoms with Crippen molar-refractivity contribution in [2.45, 2.75) is 19.9 Å². The number of ketones is 1. The van der Waals surface area contributed by atoms with Crippen LogP contribution in [0.3, 0.4) is 0 Å². The minimum absolute atomic E-state index is 0.0224. The van der Waals surface area contributed by atoms with Gasteiger partial charge in [0, 0.05) is 26.3 Å². The molecule has 0 fully saturated rings. The molecule has 10 heteroatoms. The minimum Gasteiger partial charge on any atom is -0.494 e. The second-order valence-corrected chi connectivity index (χ2v) is 6.05. The lowest BCUT2D eigenvalue weighted by Gasteiger charge is -2.15. The molecule has 1 aromatic heterocycles. The summed E-state index contributed by atoms with van der Waals surface area (Å²) < 4.78 is 11.1. The highest BCUT2D eigenvalue weighted by atomic mass is 16.6. The molecule has 0 saturated carbocycles. The number of carbonyl (C=O) groups excluding carboxylic acids is 1. The Hall–Kier alpha value is -3.71. The maximum atomic E-state index is 12.7. The van der Waals surface area contributed by atoms with E-state index in [0.717, 1.165) is 4.57 Å². The molecule has 2 aromatic rings. The van der Waals surface area contributed by atoms with E-state index in [1.165, 1.54) is 38.3 Å². The number of hydrogen-bond acceptors (Lipinski definition) is 8. The van der Waals surface area contributed by atoms with Crippen molar-refractivity contribution < 1.29 is 24.3 Å². The van der Waals surface area contributed by atoms with E-state index in [1.807, 2.05) is 0 Å². The van der Waals surface area contributed by atoms with Crippen molar-refractivity contribution in [2.75, 3.05) is 20.3 Å². The number of pyridine rings is 1. The predicted octanol–water partition coefficient (Wildman–Crippen LogP) is 1.94. The fraction of sp³-hybridized carbons (Fsp3) is 0.316. The molecular formula is C19H19N3O7. The molecule has 0 amide bonds. The molecule has 0 spiro atoms. The van der Waals surface area contributed by atoms with Crippen molar-refractivity contribution in [1.29, 1.82) is 5.26 Å². The van der Waals surface area contributed by atoms with E-state index in [1.54, 1.807) is 6.07 Å². The van der Waals surface area contributed by atoms with Crippen molar-refractivity contribution in [2.24, 2.45) is 0 Å². The molecule has 2 rings (SSSR count). The van der Waals surface area contributed by atoms with Crippen LogP contribution < -0.4 is 10.3 Å². The number of nitrogens with zero attached hydrogens (tertiary/aromatic N) is 3. The van der Waals surface area contributed by atoms with Crippen LogP contribution in [-0.2, 0) is 11.3 Å². The molecule has 0 aliphatic carbocycles. The molecule has 152 valence electrons. The summed E-state index contributed by atoms with van der Waals surface area (Å²) in [6.07, 6.45) is 0.373. The van der Waals surface area contributed by atoms with Gasteiger partial charge in [-0.3, -0.25) is 24.3 Å². The van der Waals surface area contributed by atoms with Gasteiger partial charge >= 0.3 is 5.69 Å². The SMILES string of the molecule is COCCCn1c(O)c(C(=O)COc2ccccc2[N+](=O)[O-])c(C)c(C#N)c1=O. The van der Waals surface area contributed by atoms with Gasteiger partial charge in [-0.1, -0.05) is 12.1 Å². The number of Topliss-reactive ketones (excluding diaryl/α,β-unsaturated/α-hetero) is 1. The molecule has 1 aromatic carbocycles. The Morgan fingerprint density at radius 2 is 2.07 bits per heavy atom. The number of benzene rings is 1. The van der Waals surface area contributed by atoms with Crippen molar-refractivity contribution in [3.63, 3.8) is 0 Å². The summed E-state index contributed by atoms with van der Waals surface area (Å²) in [6, 6.07) is 7.29. The number of para-hydroxylation sites is 2. The molecule has 0 aliphatic heterocycles. The Morgan fingerprint density at radius 3 is 2.69 bits per heavy atom. The second kappa shape index (κ2) is 9.48. The van der Waals surface area contributed by atoms with Gasteiger partial charge in [-0.25, -0.2) is 0 Å². The molecule has 1 heterocycles. The molecule has 0 radical (unpaired) electrons. The summed E-state index contributed by atoms with van der Waals surface area (Å²) in [6.45, 7) is 1.10. The second-order valence-electron chi connectivity index (χ2n) is 6.05. The first-order chi connectivity index (χ1) is 13.8. The fourth-order valence-corrected chi connectivity index (χ4v) is 2.80. The van der Waals surface area contributed by atoms with Crippen LogP contribution in [0.2, 0.25) is 0 Å². The van der Waals surface area contributed by atoms with Gasteiger partial charge in [0.15, 0.2) is 12.4 Å². The third-order valence-electron chi connectivity index (χ3n) is 4.23. The molecule has 0 unspecified atom stereocenters. The van der Waals surface area contributed by atoms with Crippen LogP contribution in [-0.4, -0.2) is 40.7 Å². The Morgan fingerprint density at radius 1 is 1.38 bits per heavy atom. The Labute approximate surface area is 165 Å². The predicted molar refractivity (Wildman–Crippen MR) is 101 cm³/mol. The number of aromatic nitrogens is 1. The monoisotopic (exact) mass is 401 g/mol. The third kappa shape index (κ3) is 4.59. The maximum absolute atomic E-state index is 12.7. The van der Waals surface area contributed by atoms with Crippen LogP contribution in [0.4, 0.5) is 5.69 Å². The quantitative estimate of drug-likeness (QED) is 0.290. The van der Waals surface area contributed by atoms with Crippen molar-refractivity contribution in [3.8, 4) is 17.7 Å². The van der Waals surface area contributed by atoms with Crippen LogP contribution in [0.1, 0.15) is 27.9 Å². The lowest BCUT2D eigenvalue weighted by Crippen LogP contribution is -2.28. The largest absolute Gasteiger partial charge is 0.494 e. The van der Waals surface area contributed by atoms with Gasteiger partial charge in [0.25, 0.3) is 5.56 Å². The van der Waals surface area contributed by atoms with E-state index in [-0.39, 0.29) is 34.7 Å². The summed E-state index contributed by atoms with van der Waals surface area (Å²) in [5.74, 6) is -1.43. The van der Waals surface area contributed by atoms with Gasteiger partial charge in [-0.2, -0.15) is 5.26 Å². The number of nitro benzene ring substituents is 1. The first-order valence-electron chi connectivity index (χ1n) is 8.58. The van der Waals surface area contributed by atoms with E-state index < -0.39 is 28.8 Å². The van der Waals surface area contributed by atoms with E-state index in [4.69, 9.17) is 9.47 Å². The molecule has 0 aliphatic rings. The zero-order chi connectivity index (χ0) is 21.6. The summed E-state index contributed by atoms with van der Waals surface area (Å²) in [4.78, 5) is 35.5. The van der Waals surface area contributed by atoms with Gasteiger partial charge in [0.05, 0.1) is 10.5 Å². The van der Waals surface area contributed by atoms with Crippen LogP contribution >= 0.6 is 0 Å². The van der Waals surface area contributed by atoms with Crippen LogP contribution in [0.25, 0.3) is 0 Å². The topological polar surface area (TPSA) is 145 Å². The van der Waals surface area contributed by atoms with Crippen LogP contribution in [0.15, 0.2) is 29.1 Å².